The van der Waals surface area contributed by atoms with Crippen LogP contribution in [-0.4, -0.2) is 51.8 Å². The fraction of sp³-hybridized carbons (Fsp3) is 0.391. The van der Waals surface area contributed by atoms with Gasteiger partial charge in [0.25, 0.3) is 0 Å². The van der Waals surface area contributed by atoms with Crippen LogP contribution >= 0.6 is 0 Å². The predicted molar refractivity (Wildman–Crippen MR) is 119 cm³/mol. The largest absolute Gasteiger partial charge is 0.396 e. The highest BCUT2D eigenvalue weighted by atomic mass is 16.6. The number of nitrogens with zero attached hydrogens (tertiary/aromatic N) is 2. The second-order valence-corrected chi connectivity index (χ2v) is 6.70. The zero-order chi connectivity index (χ0) is 20.6. The monoisotopic (exact) mass is 396 g/mol. The summed E-state index contributed by atoms with van der Waals surface area (Å²) in [6.45, 7) is 0.987. The molecular formula is C23H32N4O2. The Kier molecular flexibility index (Phi) is 11.2. The van der Waals surface area contributed by atoms with Crippen LogP contribution in [0, 0.1) is 0 Å². The number of rotatable bonds is 14. The molecule has 6 heteroatoms. The minimum absolute atomic E-state index is 0.140. The summed E-state index contributed by atoms with van der Waals surface area (Å²) in [5, 5.41) is 14.6. The van der Waals surface area contributed by atoms with E-state index >= 15 is 0 Å². The topological polar surface area (TPSA) is 67.2 Å². The first-order valence-corrected chi connectivity index (χ1v) is 10.0. The van der Waals surface area contributed by atoms with Crippen molar-refractivity contribution in [1.29, 1.82) is 0 Å². The summed E-state index contributed by atoms with van der Waals surface area (Å²) in [5.41, 5.74) is 2.52. The van der Waals surface area contributed by atoms with Crippen LogP contribution in [0.25, 0.3) is 0 Å². The average molecular weight is 397 g/mol. The van der Waals surface area contributed by atoms with E-state index < -0.39 is 0 Å². The lowest BCUT2D eigenvalue weighted by Gasteiger charge is -2.11. The molecule has 0 saturated heterocycles. The Morgan fingerprint density at radius 3 is 1.52 bits per heavy atom. The molecule has 2 aromatic carbocycles. The molecule has 0 spiro atoms. The van der Waals surface area contributed by atoms with E-state index in [2.05, 4.69) is 45.2 Å². The molecule has 0 fully saturated rings. The lowest BCUT2D eigenvalue weighted by atomic mass is 10.1. The quantitative estimate of drug-likeness (QED) is 0.293. The van der Waals surface area contributed by atoms with Gasteiger partial charge in [0.15, 0.2) is 0 Å². The van der Waals surface area contributed by atoms with Gasteiger partial charge in [-0.25, -0.2) is 0 Å². The van der Waals surface area contributed by atoms with Gasteiger partial charge in [0, 0.05) is 18.5 Å². The van der Waals surface area contributed by atoms with E-state index in [9.17, 15) is 0 Å². The van der Waals surface area contributed by atoms with Crippen LogP contribution in [0.15, 0.2) is 71.0 Å². The lowest BCUT2D eigenvalue weighted by molar-refractivity contribution is 0.0904. The van der Waals surface area contributed by atoms with Crippen LogP contribution < -0.4 is 10.6 Å². The molecule has 0 aliphatic heterocycles. The molecule has 0 bridgehead atoms. The summed E-state index contributed by atoms with van der Waals surface area (Å²) < 4.78 is 0. The highest BCUT2D eigenvalue weighted by molar-refractivity contribution is 5.64. The standard InChI is InChI=1S/C23H32N4O2/c1-24-22(16-20-10-5-3-6-11-20)18-26-28-14-9-15-29-27-19-23(25-2)17-21-12-7-4-8-13-21/h3-8,10-13,18-19,22-25H,9,14-17H2,1-2H3/b26-18-,27-19+/t22-,23-/m0/s1. The van der Waals surface area contributed by atoms with E-state index in [1.807, 2.05) is 50.5 Å². The van der Waals surface area contributed by atoms with Crippen LogP contribution in [0.1, 0.15) is 17.5 Å². The van der Waals surface area contributed by atoms with Gasteiger partial charge in [-0.2, -0.15) is 0 Å². The molecule has 0 amide bonds. The summed E-state index contributed by atoms with van der Waals surface area (Å²) >= 11 is 0. The Labute approximate surface area is 174 Å². The number of hydrogen-bond donors (Lipinski definition) is 2. The molecule has 29 heavy (non-hydrogen) atoms. The highest BCUT2D eigenvalue weighted by Crippen LogP contribution is 2.03. The molecule has 0 saturated carbocycles. The second-order valence-electron chi connectivity index (χ2n) is 6.70. The van der Waals surface area contributed by atoms with E-state index in [-0.39, 0.29) is 12.1 Å². The Hall–Kier alpha value is -2.70. The van der Waals surface area contributed by atoms with Crippen LogP contribution in [-0.2, 0) is 22.5 Å². The van der Waals surface area contributed by atoms with Gasteiger partial charge in [-0.3, -0.25) is 0 Å². The summed E-state index contributed by atoms with van der Waals surface area (Å²) in [6.07, 6.45) is 6.07. The van der Waals surface area contributed by atoms with E-state index in [0.717, 1.165) is 19.3 Å². The average Bonchev–Trinajstić information content (AvgIpc) is 2.77. The van der Waals surface area contributed by atoms with Crippen molar-refractivity contribution in [3.05, 3.63) is 71.8 Å². The molecule has 6 nitrogen and oxygen atoms in total. The minimum atomic E-state index is 0.140. The van der Waals surface area contributed by atoms with Crippen LogP contribution in [0.4, 0.5) is 0 Å². The molecule has 2 rings (SSSR count). The molecule has 0 radical (unpaired) electrons. The fourth-order valence-electron chi connectivity index (χ4n) is 2.72. The van der Waals surface area contributed by atoms with Crippen molar-refractivity contribution in [2.75, 3.05) is 27.3 Å². The zero-order valence-corrected chi connectivity index (χ0v) is 17.3. The van der Waals surface area contributed by atoms with Crippen LogP contribution in [0.2, 0.25) is 0 Å². The molecule has 2 atom stereocenters. The van der Waals surface area contributed by atoms with E-state index in [4.69, 9.17) is 9.68 Å². The number of likely N-dealkylation sites (N-methyl/N-ethyl adjacent to an activating group) is 2. The number of benzene rings is 2. The van der Waals surface area contributed by atoms with Gasteiger partial charge in [0.2, 0.25) is 0 Å². The first-order valence-electron chi connectivity index (χ1n) is 10.0. The molecule has 0 unspecified atom stereocenters. The van der Waals surface area contributed by atoms with Crippen molar-refractivity contribution in [2.45, 2.75) is 31.3 Å². The fourth-order valence-corrected chi connectivity index (χ4v) is 2.72. The third kappa shape index (κ3) is 9.87. The Morgan fingerprint density at radius 2 is 1.14 bits per heavy atom. The van der Waals surface area contributed by atoms with Crippen molar-refractivity contribution >= 4 is 12.4 Å². The summed E-state index contributed by atoms with van der Waals surface area (Å²) in [5.74, 6) is 0. The van der Waals surface area contributed by atoms with Gasteiger partial charge >= 0.3 is 0 Å². The van der Waals surface area contributed by atoms with Gasteiger partial charge in [-0.05, 0) is 38.1 Å². The number of hydrogen-bond acceptors (Lipinski definition) is 6. The first-order chi connectivity index (χ1) is 14.3. The Bertz CT molecular complexity index is 646. The molecule has 2 N–H and O–H groups in total. The van der Waals surface area contributed by atoms with Gasteiger partial charge in [-0.1, -0.05) is 71.0 Å². The van der Waals surface area contributed by atoms with E-state index in [0.29, 0.717) is 13.2 Å². The minimum Gasteiger partial charge on any atom is -0.396 e. The molecule has 0 aliphatic carbocycles. The molecule has 2 aromatic rings. The maximum absolute atomic E-state index is 5.32. The molecule has 0 heterocycles. The maximum atomic E-state index is 5.32. The SMILES string of the molecule is CN[C@H](/C=N\OCCCO/N=C/[C@H](Cc1ccccc1)NC)Cc1ccccc1. The van der Waals surface area contributed by atoms with Crippen LogP contribution in [0.3, 0.4) is 0 Å². The molecule has 156 valence electrons. The van der Waals surface area contributed by atoms with Gasteiger partial charge < -0.3 is 20.3 Å². The molecular weight excluding hydrogens is 364 g/mol. The van der Waals surface area contributed by atoms with Crippen molar-refractivity contribution in [2.24, 2.45) is 10.3 Å². The number of oxime groups is 2. The predicted octanol–water partition coefficient (Wildman–Crippen LogP) is 3.04. The highest BCUT2D eigenvalue weighted by Gasteiger charge is 2.04. The van der Waals surface area contributed by atoms with E-state index in [1.165, 1.54) is 11.1 Å². The smallest absolute Gasteiger partial charge is 0.120 e. The maximum Gasteiger partial charge on any atom is 0.120 e. The second kappa shape index (κ2) is 14.3. The third-order valence-corrected chi connectivity index (χ3v) is 4.44. The molecule has 0 aromatic heterocycles. The van der Waals surface area contributed by atoms with E-state index in [1.54, 1.807) is 12.4 Å². The van der Waals surface area contributed by atoms with Crippen molar-refractivity contribution in [3.63, 3.8) is 0 Å². The first kappa shape index (κ1) is 22.6. The normalized spacial score (nSPS) is 13.6. The Morgan fingerprint density at radius 1 is 0.724 bits per heavy atom. The summed E-state index contributed by atoms with van der Waals surface area (Å²) in [6, 6.07) is 20.9. The van der Waals surface area contributed by atoms with Crippen molar-refractivity contribution < 1.29 is 9.68 Å². The van der Waals surface area contributed by atoms with Gasteiger partial charge in [0.05, 0.1) is 12.4 Å². The summed E-state index contributed by atoms with van der Waals surface area (Å²) in [4.78, 5) is 10.6. The lowest BCUT2D eigenvalue weighted by Crippen LogP contribution is -2.29. The summed E-state index contributed by atoms with van der Waals surface area (Å²) in [7, 11) is 3.84. The number of nitrogens with one attached hydrogen (secondary N) is 2. The van der Waals surface area contributed by atoms with Gasteiger partial charge in [0.1, 0.15) is 13.2 Å². The van der Waals surface area contributed by atoms with Gasteiger partial charge in [-0.15, -0.1) is 0 Å². The third-order valence-electron chi connectivity index (χ3n) is 4.44. The zero-order valence-electron chi connectivity index (χ0n) is 17.3. The van der Waals surface area contributed by atoms with Crippen molar-refractivity contribution in [1.82, 2.24) is 10.6 Å². The molecule has 0 aliphatic rings. The van der Waals surface area contributed by atoms with Crippen molar-refractivity contribution in [3.8, 4) is 0 Å². The Balaban J connectivity index is 1.56. The van der Waals surface area contributed by atoms with Crippen LogP contribution in [0.5, 0.6) is 0 Å².